The highest BCUT2D eigenvalue weighted by Crippen LogP contribution is 2.30. The zero-order valence-electron chi connectivity index (χ0n) is 10.2. The summed E-state index contributed by atoms with van der Waals surface area (Å²) in [4.78, 5) is 6.37. The van der Waals surface area contributed by atoms with E-state index in [4.69, 9.17) is 0 Å². The minimum atomic E-state index is 0.130. The Balaban J connectivity index is 2.26. The van der Waals surface area contributed by atoms with Gasteiger partial charge in [0.1, 0.15) is 0 Å². The number of likely N-dealkylation sites (N-methyl/N-ethyl adjacent to an activating group) is 1. The molecule has 0 amide bonds. The van der Waals surface area contributed by atoms with E-state index < -0.39 is 0 Å². The second-order valence-corrected chi connectivity index (χ2v) is 4.94. The van der Waals surface area contributed by atoms with E-state index in [9.17, 15) is 0 Å². The number of pyridine rings is 1. The first-order chi connectivity index (χ1) is 7.73. The van der Waals surface area contributed by atoms with Crippen molar-refractivity contribution in [2.24, 2.45) is 0 Å². The average molecular weight is 219 g/mol. The van der Waals surface area contributed by atoms with Crippen LogP contribution >= 0.6 is 0 Å². The van der Waals surface area contributed by atoms with Gasteiger partial charge in [-0.15, -0.1) is 0 Å². The van der Waals surface area contributed by atoms with Crippen molar-refractivity contribution in [1.82, 2.24) is 15.2 Å². The van der Waals surface area contributed by atoms with E-state index in [-0.39, 0.29) is 5.54 Å². The summed E-state index contributed by atoms with van der Waals surface area (Å²) < 4.78 is 0. The smallest absolute Gasteiger partial charge is 0.0564 e. The van der Waals surface area contributed by atoms with Crippen molar-refractivity contribution < 1.29 is 0 Å². The van der Waals surface area contributed by atoms with Crippen LogP contribution in [0, 0.1) is 0 Å². The van der Waals surface area contributed by atoms with Crippen molar-refractivity contribution in [2.75, 3.05) is 27.2 Å². The highest BCUT2D eigenvalue weighted by Gasteiger charge is 2.33. The molecule has 2 rings (SSSR count). The van der Waals surface area contributed by atoms with Crippen molar-refractivity contribution in [3.63, 3.8) is 0 Å². The van der Waals surface area contributed by atoms with Gasteiger partial charge in [0.05, 0.1) is 5.54 Å². The van der Waals surface area contributed by atoms with Gasteiger partial charge in [0.2, 0.25) is 0 Å². The number of piperidine rings is 1. The molecule has 1 aromatic heterocycles. The molecule has 88 valence electrons. The maximum Gasteiger partial charge on any atom is 0.0564 e. The predicted molar refractivity (Wildman–Crippen MR) is 66.3 cm³/mol. The maximum atomic E-state index is 4.11. The van der Waals surface area contributed by atoms with Crippen molar-refractivity contribution >= 4 is 0 Å². The van der Waals surface area contributed by atoms with E-state index in [1.807, 2.05) is 12.4 Å². The molecular weight excluding hydrogens is 198 g/mol. The molecule has 1 atom stereocenters. The second kappa shape index (κ2) is 4.93. The summed E-state index contributed by atoms with van der Waals surface area (Å²) in [5.74, 6) is 0. The average Bonchev–Trinajstić information content (AvgIpc) is 2.30. The van der Waals surface area contributed by atoms with Crippen LogP contribution in [0.4, 0.5) is 0 Å². The normalized spacial score (nSPS) is 25.9. The summed E-state index contributed by atoms with van der Waals surface area (Å²) in [6.07, 6.45) is 7.60. The van der Waals surface area contributed by atoms with Crippen molar-refractivity contribution in [2.45, 2.75) is 24.8 Å². The molecule has 0 radical (unpaired) electrons. The fourth-order valence-electron chi connectivity index (χ4n) is 2.65. The summed E-state index contributed by atoms with van der Waals surface area (Å²) in [6.45, 7) is 2.17. The van der Waals surface area contributed by atoms with E-state index in [1.54, 1.807) is 0 Å². The Morgan fingerprint density at radius 2 is 2.06 bits per heavy atom. The third-order valence-electron chi connectivity index (χ3n) is 3.31. The van der Waals surface area contributed by atoms with Gasteiger partial charge < -0.3 is 10.2 Å². The van der Waals surface area contributed by atoms with E-state index >= 15 is 0 Å². The molecule has 0 bridgehead atoms. The Labute approximate surface area is 97.9 Å². The van der Waals surface area contributed by atoms with E-state index in [0.717, 1.165) is 13.1 Å². The third kappa shape index (κ3) is 2.42. The molecule has 1 unspecified atom stereocenters. The number of nitrogens with zero attached hydrogens (tertiary/aromatic N) is 2. The van der Waals surface area contributed by atoms with Crippen molar-refractivity contribution in [3.8, 4) is 0 Å². The first kappa shape index (κ1) is 11.6. The molecule has 3 nitrogen and oxygen atoms in total. The molecular formula is C13H21N3. The second-order valence-electron chi connectivity index (χ2n) is 4.94. The number of hydrogen-bond donors (Lipinski definition) is 1. The fourth-order valence-corrected chi connectivity index (χ4v) is 2.65. The predicted octanol–water partition coefficient (Wildman–Crippen LogP) is 1.61. The van der Waals surface area contributed by atoms with Crippen LogP contribution in [0.25, 0.3) is 0 Å². The third-order valence-corrected chi connectivity index (χ3v) is 3.31. The lowest BCUT2D eigenvalue weighted by atomic mass is 9.82. The number of aromatic nitrogens is 1. The lowest BCUT2D eigenvalue weighted by molar-refractivity contribution is 0.190. The van der Waals surface area contributed by atoms with Gasteiger partial charge in [0.25, 0.3) is 0 Å². The first-order valence-corrected chi connectivity index (χ1v) is 6.03. The topological polar surface area (TPSA) is 28.2 Å². The highest BCUT2D eigenvalue weighted by atomic mass is 15.1. The molecule has 2 heterocycles. The van der Waals surface area contributed by atoms with Gasteiger partial charge in [-0.1, -0.05) is 0 Å². The highest BCUT2D eigenvalue weighted by molar-refractivity contribution is 5.23. The molecule has 0 aromatic carbocycles. The van der Waals surface area contributed by atoms with Gasteiger partial charge in [-0.2, -0.15) is 0 Å². The Morgan fingerprint density at radius 1 is 1.31 bits per heavy atom. The fraction of sp³-hybridized carbons (Fsp3) is 0.615. The summed E-state index contributed by atoms with van der Waals surface area (Å²) in [7, 11) is 4.28. The molecule has 1 N–H and O–H groups in total. The first-order valence-electron chi connectivity index (χ1n) is 6.03. The number of hydrogen-bond acceptors (Lipinski definition) is 3. The maximum absolute atomic E-state index is 4.11. The largest absolute Gasteiger partial charge is 0.307 e. The Bertz CT molecular complexity index is 315. The van der Waals surface area contributed by atoms with Gasteiger partial charge in [0.15, 0.2) is 0 Å². The summed E-state index contributed by atoms with van der Waals surface area (Å²) in [6, 6.07) is 4.28. The molecule has 0 aliphatic carbocycles. The van der Waals surface area contributed by atoms with Crippen LogP contribution in [-0.2, 0) is 5.54 Å². The van der Waals surface area contributed by atoms with Crippen LogP contribution in [0.15, 0.2) is 24.5 Å². The quantitative estimate of drug-likeness (QED) is 0.837. The lowest BCUT2D eigenvalue weighted by Crippen LogP contribution is -2.52. The summed E-state index contributed by atoms with van der Waals surface area (Å²) in [5.41, 5.74) is 1.50. The van der Waals surface area contributed by atoms with Crippen LogP contribution < -0.4 is 5.32 Å². The lowest BCUT2D eigenvalue weighted by Gasteiger charge is -2.40. The number of rotatable bonds is 3. The minimum Gasteiger partial charge on any atom is -0.307 e. The molecule has 1 saturated heterocycles. The van der Waals surface area contributed by atoms with Crippen LogP contribution in [0.2, 0.25) is 0 Å². The zero-order valence-corrected chi connectivity index (χ0v) is 10.2. The Kier molecular flexibility index (Phi) is 3.56. The van der Waals surface area contributed by atoms with Crippen LogP contribution in [0.3, 0.4) is 0 Å². The van der Waals surface area contributed by atoms with Crippen LogP contribution in [0.1, 0.15) is 24.8 Å². The van der Waals surface area contributed by atoms with Crippen molar-refractivity contribution in [3.05, 3.63) is 30.1 Å². The molecule has 0 saturated carbocycles. The molecule has 0 spiro atoms. The molecule has 1 fully saturated rings. The van der Waals surface area contributed by atoms with E-state index in [1.165, 1.54) is 24.8 Å². The van der Waals surface area contributed by atoms with Crippen molar-refractivity contribution in [1.29, 1.82) is 0 Å². The molecule has 1 aliphatic heterocycles. The molecule has 1 aliphatic rings. The van der Waals surface area contributed by atoms with E-state index in [0.29, 0.717) is 0 Å². The standard InChI is InChI=1S/C13H21N3/c1-16(2)11-13(7-3-4-8-15-13)12-5-9-14-10-6-12/h5-6,9-10,15H,3-4,7-8,11H2,1-2H3. The number of nitrogens with one attached hydrogen (secondary N) is 1. The minimum absolute atomic E-state index is 0.130. The molecule has 16 heavy (non-hydrogen) atoms. The van der Waals surface area contributed by atoms with Gasteiger partial charge >= 0.3 is 0 Å². The van der Waals surface area contributed by atoms with Gasteiger partial charge in [-0.25, -0.2) is 0 Å². The SMILES string of the molecule is CN(C)CC1(c2ccncc2)CCCCN1. The summed E-state index contributed by atoms with van der Waals surface area (Å²) in [5, 5.41) is 3.71. The zero-order chi connectivity index (χ0) is 11.4. The van der Waals surface area contributed by atoms with Crippen LogP contribution in [-0.4, -0.2) is 37.1 Å². The van der Waals surface area contributed by atoms with Gasteiger partial charge in [0, 0.05) is 18.9 Å². The van der Waals surface area contributed by atoms with Gasteiger partial charge in [-0.05, 0) is 57.6 Å². The monoisotopic (exact) mass is 219 g/mol. The van der Waals surface area contributed by atoms with E-state index in [2.05, 4.69) is 41.4 Å². The molecule has 1 aromatic rings. The van der Waals surface area contributed by atoms with Crippen LogP contribution in [0.5, 0.6) is 0 Å². The summed E-state index contributed by atoms with van der Waals surface area (Å²) >= 11 is 0. The Hall–Kier alpha value is -0.930. The molecule has 3 heteroatoms. The Morgan fingerprint density at radius 3 is 2.62 bits per heavy atom. The van der Waals surface area contributed by atoms with Gasteiger partial charge in [-0.3, -0.25) is 4.98 Å².